The molecule has 86 valence electrons. The molecular weight excluding hydrogens is 211 g/mol. The molecule has 0 aromatic heterocycles. The Bertz CT molecular complexity index is 112. The van der Waals surface area contributed by atoms with Crippen LogP contribution >= 0.6 is 0 Å². The molecule has 1 saturated heterocycles. The van der Waals surface area contributed by atoms with Gasteiger partial charge < -0.3 is 10.2 Å². The standard InChI is InChI=1S/C10H21N2.C2H6.K/c1-10-4-8-12(9-5-10)7-3-6-11-2;1-2;/h10H,3-9H2,1-2H3;1-2H3;/q-1;;+1. The average Bonchev–Trinajstić information content (AvgIpc) is 2.24. The van der Waals surface area contributed by atoms with Gasteiger partial charge in [0, 0.05) is 0 Å². The van der Waals surface area contributed by atoms with Crippen LogP contribution in [0.5, 0.6) is 0 Å². The van der Waals surface area contributed by atoms with Gasteiger partial charge in [-0.25, -0.2) is 0 Å². The molecule has 0 radical (unpaired) electrons. The Balaban J connectivity index is 0. The number of hydrogen-bond donors (Lipinski definition) is 0. The van der Waals surface area contributed by atoms with Crippen LogP contribution in [0, 0.1) is 5.92 Å². The molecule has 0 unspecified atom stereocenters. The van der Waals surface area contributed by atoms with Gasteiger partial charge in [0.1, 0.15) is 0 Å². The van der Waals surface area contributed by atoms with Gasteiger partial charge in [0.15, 0.2) is 0 Å². The first kappa shape index (κ1) is 18.9. The van der Waals surface area contributed by atoms with E-state index in [0.717, 1.165) is 12.5 Å². The van der Waals surface area contributed by atoms with Gasteiger partial charge in [0.2, 0.25) is 0 Å². The molecule has 0 aromatic rings. The quantitative estimate of drug-likeness (QED) is 0.503. The molecule has 0 bridgehead atoms. The topological polar surface area (TPSA) is 17.3 Å². The third-order valence-electron chi connectivity index (χ3n) is 2.73. The Labute approximate surface area is 139 Å². The summed E-state index contributed by atoms with van der Waals surface area (Å²) in [6, 6.07) is 0. The van der Waals surface area contributed by atoms with Gasteiger partial charge in [-0.1, -0.05) is 27.2 Å². The van der Waals surface area contributed by atoms with Crippen molar-refractivity contribution in [2.75, 3.05) is 33.2 Å². The molecule has 3 heteroatoms. The van der Waals surface area contributed by atoms with Crippen molar-refractivity contribution in [3.63, 3.8) is 0 Å². The van der Waals surface area contributed by atoms with E-state index in [-0.39, 0.29) is 51.4 Å². The van der Waals surface area contributed by atoms with Crippen molar-refractivity contribution >= 4 is 0 Å². The zero-order valence-corrected chi connectivity index (χ0v) is 14.5. The van der Waals surface area contributed by atoms with Crippen LogP contribution in [0.3, 0.4) is 0 Å². The molecule has 2 nitrogen and oxygen atoms in total. The van der Waals surface area contributed by atoms with Gasteiger partial charge in [0.05, 0.1) is 0 Å². The zero-order chi connectivity index (χ0) is 10.8. The maximum Gasteiger partial charge on any atom is 1.00 e. The molecule has 0 aliphatic carbocycles. The number of piperidine rings is 1. The maximum atomic E-state index is 4.11. The monoisotopic (exact) mass is 238 g/mol. The third kappa shape index (κ3) is 10.4. The Kier molecular flexibility index (Phi) is 17.2. The zero-order valence-electron chi connectivity index (χ0n) is 11.4. The fourth-order valence-corrected chi connectivity index (χ4v) is 1.74. The van der Waals surface area contributed by atoms with Crippen LogP contribution in [0.25, 0.3) is 5.32 Å². The summed E-state index contributed by atoms with van der Waals surface area (Å²) in [7, 11) is 1.90. The molecule has 1 fully saturated rings. The van der Waals surface area contributed by atoms with Gasteiger partial charge in [-0.15, -0.1) is 6.54 Å². The fraction of sp³-hybridized carbons (Fsp3) is 1.00. The Morgan fingerprint density at radius 2 is 1.73 bits per heavy atom. The Morgan fingerprint density at radius 1 is 1.20 bits per heavy atom. The van der Waals surface area contributed by atoms with Gasteiger partial charge in [-0.05, 0) is 38.4 Å². The average molecular weight is 238 g/mol. The van der Waals surface area contributed by atoms with Gasteiger partial charge in [0.25, 0.3) is 0 Å². The van der Waals surface area contributed by atoms with Crippen molar-refractivity contribution in [1.29, 1.82) is 0 Å². The molecule has 1 heterocycles. The molecule has 15 heavy (non-hydrogen) atoms. The molecule has 0 atom stereocenters. The normalized spacial score (nSPS) is 17.6. The second-order valence-corrected chi connectivity index (χ2v) is 3.92. The Hall–Kier alpha value is 1.56. The summed E-state index contributed by atoms with van der Waals surface area (Å²) < 4.78 is 0. The minimum atomic E-state index is 0. The number of hydrogen-bond acceptors (Lipinski definition) is 1. The van der Waals surface area contributed by atoms with Crippen LogP contribution in [0.4, 0.5) is 0 Å². The van der Waals surface area contributed by atoms with E-state index in [1.165, 1.54) is 38.9 Å². The van der Waals surface area contributed by atoms with Crippen LogP contribution in [0.15, 0.2) is 0 Å². The van der Waals surface area contributed by atoms with Crippen molar-refractivity contribution in [3.8, 4) is 0 Å². The molecule has 0 N–H and O–H groups in total. The molecule has 1 aliphatic rings. The predicted octanol–water partition coefficient (Wildman–Crippen LogP) is 0.142. The van der Waals surface area contributed by atoms with E-state index in [2.05, 4.69) is 17.1 Å². The Morgan fingerprint density at radius 3 is 2.20 bits per heavy atom. The smallest absolute Gasteiger partial charge is 0.665 e. The van der Waals surface area contributed by atoms with Gasteiger partial charge in [-0.3, -0.25) is 0 Å². The summed E-state index contributed by atoms with van der Waals surface area (Å²) in [5.41, 5.74) is 0. The second-order valence-electron chi connectivity index (χ2n) is 3.92. The molecule has 0 aromatic carbocycles. The van der Waals surface area contributed by atoms with E-state index in [1.807, 2.05) is 20.9 Å². The molecule has 0 amide bonds. The van der Waals surface area contributed by atoms with E-state index in [4.69, 9.17) is 0 Å². The van der Waals surface area contributed by atoms with E-state index in [1.54, 1.807) is 0 Å². The van der Waals surface area contributed by atoms with Crippen molar-refractivity contribution in [1.82, 2.24) is 4.90 Å². The van der Waals surface area contributed by atoms with Gasteiger partial charge in [-0.2, -0.15) is 7.05 Å². The number of likely N-dealkylation sites (tertiary alicyclic amines) is 1. The fourth-order valence-electron chi connectivity index (χ4n) is 1.74. The molecule has 1 rings (SSSR count). The molecule has 1 aliphatic heterocycles. The summed E-state index contributed by atoms with van der Waals surface area (Å²) in [5.74, 6) is 0.956. The second kappa shape index (κ2) is 13.6. The predicted molar refractivity (Wildman–Crippen MR) is 65.0 cm³/mol. The first-order chi connectivity index (χ1) is 6.83. The minimum absolute atomic E-state index is 0. The van der Waals surface area contributed by atoms with Crippen molar-refractivity contribution in [3.05, 3.63) is 5.32 Å². The molecule has 0 saturated carbocycles. The summed E-state index contributed by atoms with van der Waals surface area (Å²) in [6.07, 6.45) is 4.03. The van der Waals surface area contributed by atoms with Crippen molar-refractivity contribution in [2.45, 2.75) is 40.0 Å². The number of nitrogens with zero attached hydrogens (tertiary/aromatic N) is 2. The summed E-state index contributed by atoms with van der Waals surface area (Å²) in [4.78, 5) is 2.57. The van der Waals surface area contributed by atoms with Crippen molar-refractivity contribution in [2.24, 2.45) is 5.92 Å². The van der Waals surface area contributed by atoms with Gasteiger partial charge >= 0.3 is 51.4 Å². The first-order valence-electron chi connectivity index (χ1n) is 6.11. The summed E-state index contributed by atoms with van der Waals surface area (Å²) in [5, 5.41) is 4.11. The van der Waals surface area contributed by atoms with E-state index in [0.29, 0.717) is 0 Å². The summed E-state index contributed by atoms with van der Waals surface area (Å²) in [6.45, 7) is 11.3. The van der Waals surface area contributed by atoms with Crippen LogP contribution in [0.2, 0.25) is 0 Å². The number of rotatable bonds is 4. The van der Waals surface area contributed by atoms with Crippen LogP contribution in [-0.2, 0) is 0 Å². The maximum absolute atomic E-state index is 4.11. The SMILES string of the molecule is CC.C[N-]CCCN1CCC(C)CC1.[K+]. The summed E-state index contributed by atoms with van der Waals surface area (Å²) >= 11 is 0. The van der Waals surface area contributed by atoms with E-state index < -0.39 is 0 Å². The van der Waals surface area contributed by atoms with Crippen molar-refractivity contribution < 1.29 is 51.4 Å². The van der Waals surface area contributed by atoms with Crippen LogP contribution in [-0.4, -0.2) is 38.1 Å². The van der Waals surface area contributed by atoms with Crippen LogP contribution in [0.1, 0.15) is 40.0 Å². The van der Waals surface area contributed by atoms with E-state index in [9.17, 15) is 0 Å². The van der Waals surface area contributed by atoms with E-state index >= 15 is 0 Å². The largest absolute Gasteiger partial charge is 1.00 e. The van der Waals surface area contributed by atoms with Crippen LogP contribution < -0.4 is 51.4 Å². The molecular formula is C12H27KN2. The first-order valence-corrected chi connectivity index (χ1v) is 6.11. The third-order valence-corrected chi connectivity index (χ3v) is 2.73. The molecule has 0 spiro atoms. The minimum Gasteiger partial charge on any atom is -0.665 e.